The normalized spacial score (nSPS) is 18.6. The first-order valence-corrected chi connectivity index (χ1v) is 12.3. The van der Waals surface area contributed by atoms with E-state index in [-0.39, 0.29) is 17.2 Å². The van der Waals surface area contributed by atoms with E-state index >= 15 is 0 Å². The SMILES string of the molecule is Cc1cncc(C(=O)N2CCC(COc3cccc(Cl)c3)(CC(=O)N3CCN(C)CC3)CC2)c1. The molecule has 4 rings (SSSR count). The summed E-state index contributed by atoms with van der Waals surface area (Å²) in [5.41, 5.74) is 1.24. The van der Waals surface area contributed by atoms with Crippen molar-refractivity contribution in [2.24, 2.45) is 5.41 Å². The predicted molar refractivity (Wildman–Crippen MR) is 132 cm³/mol. The number of benzene rings is 1. The second-order valence-electron chi connectivity index (χ2n) is 9.65. The van der Waals surface area contributed by atoms with E-state index in [1.807, 2.05) is 41.0 Å². The minimum Gasteiger partial charge on any atom is -0.493 e. The van der Waals surface area contributed by atoms with Gasteiger partial charge >= 0.3 is 0 Å². The molecule has 0 spiro atoms. The zero-order chi connectivity index (χ0) is 24.1. The Hall–Kier alpha value is -2.64. The highest BCUT2D eigenvalue weighted by molar-refractivity contribution is 6.30. The van der Waals surface area contributed by atoms with Crippen LogP contribution in [0.5, 0.6) is 5.75 Å². The van der Waals surface area contributed by atoms with Crippen molar-refractivity contribution in [1.29, 1.82) is 0 Å². The summed E-state index contributed by atoms with van der Waals surface area (Å²) < 4.78 is 6.15. The van der Waals surface area contributed by atoms with Crippen molar-refractivity contribution < 1.29 is 14.3 Å². The Kier molecular flexibility index (Phi) is 7.73. The topological polar surface area (TPSA) is 66.0 Å². The smallest absolute Gasteiger partial charge is 0.255 e. The summed E-state index contributed by atoms with van der Waals surface area (Å²) >= 11 is 6.13. The lowest BCUT2D eigenvalue weighted by molar-refractivity contribution is -0.136. The summed E-state index contributed by atoms with van der Waals surface area (Å²) in [4.78, 5) is 36.5. The lowest BCUT2D eigenvalue weighted by atomic mass is 9.75. The number of likely N-dealkylation sites (N-methyl/N-ethyl adjacent to an activating group) is 1. The van der Waals surface area contributed by atoms with E-state index < -0.39 is 0 Å². The molecule has 1 aromatic heterocycles. The van der Waals surface area contributed by atoms with E-state index in [2.05, 4.69) is 16.9 Å². The molecule has 0 aliphatic carbocycles. The van der Waals surface area contributed by atoms with Gasteiger partial charge in [-0.1, -0.05) is 17.7 Å². The van der Waals surface area contributed by atoms with Crippen LogP contribution in [0, 0.1) is 12.3 Å². The molecule has 2 aliphatic heterocycles. The van der Waals surface area contributed by atoms with Crippen LogP contribution < -0.4 is 4.74 Å². The fraction of sp³-hybridized carbons (Fsp3) is 0.500. The van der Waals surface area contributed by atoms with Crippen molar-refractivity contribution in [2.75, 3.05) is 52.9 Å². The van der Waals surface area contributed by atoms with Gasteiger partial charge in [-0.2, -0.15) is 0 Å². The summed E-state index contributed by atoms with van der Waals surface area (Å²) in [5, 5.41) is 0.618. The Balaban J connectivity index is 1.45. The van der Waals surface area contributed by atoms with Gasteiger partial charge in [0, 0.05) is 68.5 Å². The maximum Gasteiger partial charge on any atom is 0.255 e. The monoisotopic (exact) mass is 484 g/mol. The number of ether oxygens (including phenoxy) is 1. The Morgan fingerprint density at radius 3 is 2.44 bits per heavy atom. The van der Waals surface area contributed by atoms with Crippen LogP contribution in [-0.2, 0) is 4.79 Å². The van der Waals surface area contributed by atoms with Crippen LogP contribution in [0.15, 0.2) is 42.7 Å². The summed E-state index contributed by atoms with van der Waals surface area (Å²) in [6.07, 6.45) is 5.20. The van der Waals surface area contributed by atoms with Crippen LogP contribution in [0.3, 0.4) is 0 Å². The fourth-order valence-electron chi connectivity index (χ4n) is 4.69. The number of aromatic nitrogens is 1. The average molecular weight is 485 g/mol. The number of rotatable bonds is 6. The molecule has 3 heterocycles. The van der Waals surface area contributed by atoms with E-state index in [1.54, 1.807) is 18.5 Å². The number of pyridine rings is 1. The molecule has 0 unspecified atom stereocenters. The van der Waals surface area contributed by atoms with Crippen molar-refractivity contribution in [1.82, 2.24) is 19.7 Å². The number of nitrogens with zero attached hydrogens (tertiary/aromatic N) is 4. The minimum absolute atomic E-state index is 0.00838. The van der Waals surface area contributed by atoms with Gasteiger partial charge in [0.15, 0.2) is 0 Å². The molecule has 1 aromatic carbocycles. The summed E-state index contributed by atoms with van der Waals surface area (Å²) in [6, 6.07) is 9.21. The number of piperazine rings is 1. The largest absolute Gasteiger partial charge is 0.493 e. The van der Waals surface area contributed by atoms with Gasteiger partial charge in [0.05, 0.1) is 12.2 Å². The molecule has 0 N–H and O–H groups in total. The number of carbonyl (C=O) groups is 2. The van der Waals surface area contributed by atoms with Crippen molar-refractivity contribution >= 4 is 23.4 Å². The van der Waals surface area contributed by atoms with Crippen molar-refractivity contribution in [3.05, 3.63) is 58.9 Å². The fourth-order valence-corrected chi connectivity index (χ4v) is 4.87. The van der Waals surface area contributed by atoms with Crippen LogP contribution in [-0.4, -0.2) is 84.4 Å². The summed E-state index contributed by atoms with van der Waals surface area (Å²) in [7, 11) is 2.08. The number of likely N-dealkylation sites (tertiary alicyclic amines) is 1. The second-order valence-corrected chi connectivity index (χ2v) is 10.1. The molecule has 8 heteroatoms. The zero-order valence-corrected chi connectivity index (χ0v) is 20.8. The number of piperidine rings is 1. The van der Waals surface area contributed by atoms with Crippen molar-refractivity contribution in [3.8, 4) is 5.75 Å². The Morgan fingerprint density at radius 1 is 1.03 bits per heavy atom. The third-order valence-corrected chi connectivity index (χ3v) is 7.19. The van der Waals surface area contributed by atoms with Crippen LogP contribution in [0.25, 0.3) is 0 Å². The maximum atomic E-state index is 13.3. The highest BCUT2D eigenvalue weighted by Crippen LogP contribution is 2.37. The summed E-state index contributed by atoms with van der Waals surface area (Å²) in [5.74, 6) is 0.861. The molecule has 2 aliphatic rings. The van der Waals surface area contributed by atoms with Gasteiger partial charge in [-0.3, -0.25) is 14.6 Å². The zero-order valence-electron chi connectivity index (χ0n) is 20.0. The van der Waals surface area contributed by atoms with Gasteiger partial charge < -0.3 is 19.4 Å². The van der Waals surface area contributed by atoms with Gasteiger partial charge in [-0.15, -0.1) is 0 Å². The maximum absolute atomic E-state index is 13.3. The van der Waals surface area contributed by atoms with E-state index in [1.165, 1.54) is 0 Å². The molecule has 0 bridgehead atoms. The lowest BCUT2D eigenvalue weighted by Gasteiger charge is -2.42. The quantitative estimate of drug-likeness (QED) is 0.627. The van der Waals surface area contributed by atoms with Crippen LogP contribution in [0.2, 0.25) is 5.02 Å². The van der Waals surface area contributed by atoms with E-state index in [9.17, 15) is 9.59 Å². The molecular weight excluding hydrogens is 452 g/mol. The van der Waals surface area contributed by atoms with Crippen molar-refractivity contribution in [2.45, 2.75) is 26.2 Å². The first kappa shape index (κ1) is 24.5. The molecule has 0 radical (unpaired) electrons. The number of hydrogen-bond donors (Lipinski definition) is 0. The number of carbonyl (C=O) groups excluding carboxylic acids is 2. The first-order valence-electron chi connectivity index (χ1n) is 11.9. The van der Waals surface area contributed by atoms with Crippen LogP contribution in [0.4, 0.5) is 0 Å². The van der Waals surface area contributed by atoms with Crippen molar-refractivity contribution in [3.63, 3.8) is 0 Å². The van der Waals surface area contributed by atoms with Gasteiger partial charge in [0.2, 0.25) is 5.91 Å². The molecule has 0 atom stereocenters. The van der Waals surface area contributed by atoms with E-state index in [0.29, 0.717) is 55.3 Å². The molecule has 2 fully saturated rings. The number of hydrogen-bond acceptors (Lipinski definition) is 5. The predicted octanol–water partition coefficient (Wildman–Crippen LogP) is 3.51. The number of amides is 2. The van der Waals surface area contributed by atoms with E-state index in [0.717, 1.165) is 31.7 Å². The van der Waals surface area contributed by atoms with Gasteiger partial charge in [-0.25, -0.2) is 0 Å². The van der Waals surface area contributed by atoms with Gasteiger partial charge in [0.1, 0.15) is 5.75 Å². The lowest BCUT2D eigenvalue weighted by Crippen LogP contribution is -2.51. The number of aryl methyl sites for hydroxylation is 1. The molecule has 7 nitrogen and oxygen atoms in total. The van der Waals surface area contributed by atoms with Crippen LogP contribution in [0.1, 0.15) is 35.2 Å². The Labute approximate surface area is 206 Å². The molecule has 182 valence electrons. The highest BCUT2D eigenvalue weighted by atomic mass is 35.5. The second kappa shape index (κ2) is 10.7. The Morgan fingerprint density at radius 2 is 1.76 bits per heavy atom. The minimum atomic E-state index is -0.329. The average Bonchev–Trinajstić information content (AvgIpc) is 2.83. The molecule has 34 heavy (non-hydrogen) atoms. The number of halogens is 1. The standard InChI is InChI=1S/C26H33ClN4O3/c1-20-14-21(18-28-17-20)25(33)31-8-6-26(7-9-31,19-34-23-5-3-4-22(27)15-23)16-24(32)30-12-10-29(2)11-13-30/h3-5,14-15,17-18H,6-13,16,19H2,1-2H3. The molecule has 2 aromatic rings. The van der Waals surface area contributed by atoms with Gasteiger partial charge in [-0.05, 0) is 56.6 Å². The molecule has 0 saturated carbocycles. The third-order valence-electron chi connectivity index (χ3n) is 6.96. The molecule has 2 saturated heterocycles. The summed E-state index contributed by atoms with van der Waals surface area (Å²) in [6.45, 7) is 6.82. The Bertz CT molecular complexity index is 1010. The van der Waals surface area contributed by atoms with Crippen LogP contribution >= 0.6 is 11.6 Å². The molecule has 2 amide bonds. The first-order chi connectivity index (χ1) is 16.3. The highest BCUT2D eigenvalue weighted by Gasteiger charge is 2.40. The molecular formula is C26H33ClN4O3. The van der Waals surface area contributed by atoms with Gasteiger partial charge in [0.25, 0.3) is 5.91 Å². The third kappa shape index (κ3) is 6.07. The van der Waals surface area contributed by atoms with E-state index in [4.69, 9.17) is 16.3 Å².